The summed E-state index contributed by atoms with van der Waals surface area (Å²) in [4.78, 5) is 19.0. The molecule has 0 bridgehead atoms. The van der Waals surface area contributed by atoms with Gasteiger partial charge in [0, 0.05) is 35.8 Å². The van der Waals surface area contributed by atoms with E-state index in [9.17, 15) is 18.8 Å². The smallest absolute Gasteiger partial charge is 0.249 e. The molecule has 200 valence electrons. The van der Waals surface area contributed by atoms with E-state index in [0.717, 1.165) is 12.1 Å². The number of piperidine rings is 1. The first-order valence-corrected chi connectivity index (χ1v) is 12.5. The summed E-state index contributed by atoms with van der Waals surface area (Å²) in [6, 6.07) is 8.62. The largest absolute Gasteiger partial charge is 0.497 e. The Balaban J connectivity index is 1.43. The quantitative estimate of drug-likeness (QED) is 0.229. The van der Waals surface area contributed by atoms with Crippen molar-refractivity contribution in [2.45, 2.75) is 31.9 Å². The zero-order valence-corrected chi connectivity index (χ0v) is 21.5. The van der Waals surface area contributed by atoms with Crippen molar-refractivity contribution in [3.8, 4) is 17.6 Å². The molecule has 4 rings (SSSR count). The van der Waals surface area contributed by atoms with Crippen LogP contribution in [0.25, 0.3) is 10.9 Å². The van der Waals surface area contributed by atoms with Crippen molar-refractivity contribution in [2.75, 3.05) is 26.7 Å². The molecule has 1 fully saturated rings. The first kappa shape index (κ1) is 27.7. The average molecular weight is 546 g/mol. The van der Waals surface area contributed by atoms with Gasteiger partial charge in [-0.15, -0.1) is 0 Å². The van der Waals surface area contributed by atoms with E-state index >= 15 is 4.39 Å². The van der Waals surface area contributed by atoms with Gasteiger partial charge in [-0.2, -0.15) is 0 Å². The summed E-state index contributed by atoms with van der Waals surface area (Å²) in [6.45, 7) is 1.35. The maximum absolute atomic E-state index is 15.7. The minimum absolute atomic E-state index is 0.0133. The van der Waals surface area contributed by atoms with E-state index in [-0.39, 0.29) is 17.9 Å². The summed E-state index contributed by atoms with van der Waals surface area (Å²) in [7, 11) is 1.52. The second kappa shape index (κ2) is 12.0. The number of halogens is 4. The lowest BCUT2D eigenvalue weighted by molar-refractivity contribution is -0.143. The molecule has 38 heavy (non-hydrogen) atoms. The maximum atomic E-state index is 15.7. The number of nitrogens with one attached hydrogen (secondary N) is 1. The first-order chi connectivity index (χ1) is 18.3. The number of likely N-dealkylation sites (tertiary alicyclic amines) is 1. The van der Waals surface area contributed by atoms with Gasteiger partial charge >= 0.3 is 0 Å². The Hall–Kier alpha value is -3.32. The van der Waals surface area contributed by atoms with Gasteiger partial charge in [0.25, 0.3) is 0 Å². The number of hydrogen-bond acceptors (Lipinski definition) is 5. The number of carbonyl (C=O) groups is 1. The van der Waals surface area contributed by atoms with Crippen molar-refractivity contribution in [3.05, 3.63) is 70.4 Å². The maximum Gasteiger partial charge on any atom is 0.249 e. The molecular formula is C28H27ClF3N3O3. The molecule has 2 N–H and O–H groups in total. The highest BCUT2D eigenvalue weighted by molar-refractivity contribution is 6.32. The van der Waals surface area contributed by atoms with Crippen molar-refractivity contribution >= 4 is 28.4 Å². The SMILES string of the molecule is COc1ccc2ncc(Cl)c([C@H](F)CCC3(C(=O)NO)CCN(CC#Cc4ccc(F)c(F)c4)CC3)c2c1. The fraction of sp³-hybridized carbons (Fsp3) is 0.357. The third-order valence-corrected chi connectivity index (χ3v) is 7.41. The van der Waals surface area contributed by atoms with Gasteiger partial charge < -0.3 is 4.74 Å². The van der Waals surface area contributed by atoms with E-state index < -0.39 is 29.1 Å². The predicted octanol–water partition coefficient (Wildman–Crippen LogP) is 5.61. The Morgan fingerprint density at radius 2 is 2.00 bits per heavy atom. The number of carbonyl (C=O) groups excluding carboxylic acids is 1. The van der Waals surface area contributed by atoms with Crippen LogP contribution in [-0.4, -0.2) is 47.7 Å². The molecular weight excluding hydrogens is 519 g/mol. The van der Waals surface area contributed by atoms with Gasteiger partial charge in [0.1, 0.15) is 11.9 Å². The van der Waals surface area contributed by atoms with E-state index in [1.165, 1.54) is 19.4 Å². The molecule has 3 aromatic rings. The molecule has 10 heteroatoms. The molecule has 0 unspecified atom stereocenters. The fourth-order valence-electron chi connectivity index (χ4n) is 4.84. The molecule has 1 amide bonds. The molecule has 0 aliphatic carbocycles. The number of hydroxylamine groups is 1. The molecule has 2 aromatic carbocycles. The number of hydrogen-bond donors (Lipinski definition) is 2. The fourth-order valence-corrected chi connectivity index (χ4v) is 5.11. The van der Waals surface area contributed by atoms with E-state index in [0.29, 0.717) is 60.3 Å². The van der Waals surface area contributed by atoms with Crippen LogP contribution in [0.1, 0.15) is 43.0 Å². The van der Waals surface area contributed by atoms with Crippen LogP contribution in [0.3, 0.4) is 0 Å². The van der Waals surface area contributed by atoms with Crippen LogP contribution in [0.5, 0.6) is 5.75 Å². The standard InChI is InChI=1S/C28H27ClF3N3O3/c1-38-19-5-7-25-20(16-19)26(21(29)17-33-25)23(31)8-9-28(27(36)34-37)10-13-35(14-11-28)12-2-3-18-4-6-22(30)24(32)15-18/h4-7,15-17,23,37H,8-14H2,1H3,(H,34,36)/t23-/m1/s1. The lowest BCUT2D eigenvalue weighted by atomic mass is 9.73. The van der Waals surface area contributed by atoms with Crippen LogP contribution < -0.4 is 10.2 Å². The Kier molecular flexibility index (Phi) is 8.77. The van der Waals surface area contributed by atoms with Crippen molar-refractivity contribution in [1.82, 2.24) is 15.4 Å². The summed E-state index contributed by atoms with van der Waals surface area (Å²) in [5.41, 5.74) is 2.03. The molecule has 1 atom stereocenters. The van der Waals surface area contributed by atoms with Crippen molar-refractivity contribution < 1.29 is 27.9 Å². The molecule has 0 saturated carbocycles. The highest BCUT2D eigenvalue weighted by Gasteiger charge is 2.41. The monoisotopic (exact) mass is 545 g/mol. The van der Waals surface area contributed by atoms with E-state index in [4.69, 9.17) is 16.3 Å². The van der Waals surface area contributed by atoms with Gasteiger partial charge in [-0.1, -0.05) is 23.4 Å². The second-order valence-electron chi connectivity index (χ2n) is 9.34. The highest BCUT2D eigenvalue weighted by atomic mass is 35.5. The summed E-state index contributed by atoms with van der Waals surface area (Å²) < 4.78 is 47.4. The summed E-state index contributed by atoms with van der Waals surface area (Å²) >= 11 is 6.35. The van der Waals surface area contributed by atoms with E-state index in [1.807, 2.05) is 4.90 Å². The number of benzene rings is 2. The molecule has 1 aromatic heterocycles. The Morgan fingerprint density at radius 3 is 2.68 bits per heavy atom. The van der Waals surface area contributed by atoms with Crippen molar-refractivity contribution in [3.63, 3.8) is 0 Å². The van der Waals surface area contributed by atoms with Crippen molar-refractivity contribution in [2.24, 2.45) is 5.41 Å². The number of rotatable bonds is 7. The lowest BCUT2D eigenvalue weighted by Gasteiger charge is -2.40. The van der Waals surface area contributed by atoms with Gasteiger partial charge in [0.15, 0.2) is 11.6 Å². The summed E-state index contributed by atoms with van der Waals surface area (Å²) in [5, 5.41) is 10.2. The number of amides is 1. The molecule has 0 spiro atoms. The van der Waals surface area contributed by atoms with Crippen LogP contribution in [-0.2, 0) is 4.79 Å². The number of ether oxygens (including phenoxy) is 1. The van der Waals surface area contributed by atoms with Crippen LogP contribution in [0.4, 0.5) is 13.2 Å². The van der Waals surface area contributed by atoms with Crippen molar-refractivity contribution in [1.29, 1.82) is 0 Å². The number of alkyl halides is 1. The van der Waals surface area contributed by atoms with Crippen LogP contribution >= 0.6 is 11.6 Å². The van der Waals surface area contributed by atoms with Gasteiger partial charge in [-0.25, -0.2) is 18.7 Å². The molecule has 1 aliphatic rings. The minimum Gasteiger partial charge on any atom is -0.497 e. The van der Waals surface area contributed by atoms with Gasteiger partial charge in [-0.05, 0) is 62.1 Å². The van der Waals surface area contributed by atoms with Crippen LogP contribution in [0.2, 0.25) is 5.02 Å². The topological polar surface area (TPSA) is 74.7 Å². The second-order valence-corrected chi connectivity index (χ2v) is 9.74. The van der Waals surface area contributed by atoms with Gasteiger partial charge in [0.2, 0.25) is 5.91 Å². The zero-order chi connectivity index (χ0) is 27.3. The van der Waals surface area contributed by atoms with Crippen LogP contribution in [0.15, 0.2) is 42.6 Å². The third-order valence-electron chi connectivity index (χ3n) is 7.11. The number of pyridine rings is 1. The Morgan fingerprint density at radius 1 is 1.24 bits per heavy atom. The minimum atomic E-state index is -1.47. The molecule has 0 radical (unpaired) electrons. The zero-order valence-electron chi connectivity index (χ0n) is 20.7. The summed E-state index contributed by atoms with van der Waals surface area (Å²) in [6.07, 6.45) is 0.922. The molecule has 2 heterocycles. The average Bonchev–Trinajstić information content (AvgIpc) is 2.93. The van der Waals surface area contributed by atoms with Gasteiger partial charge in [0.05, 0.1) is 29.6 Å². The molecule has 6 nitrogen and oxygen atoms in total. The highest BCUT2D eigenvalue weighted by Crippen LogP contribution is 2.42. The van der Waals surface area contributed by atoms with E-state index in [2.05, 4.69) is 16.8 Å². The number of aromatic nitrogens is 1. The van der Waals surface area contributed by atoms with E-state index in [1.54, 1.807) is 23.7 Å². The van der Waals surface area contributed by atoms with Crippen LogP contribution in [0, 0.1) is 28.9 Å². The van der Waals surface area contributed by atoms with Gasteiger partial charge in [-0.3, -0.25) is 19.9 Å². The number of nitrogens with zero attached hydrogens (tertiary/aromatic N) is 2. The Labute approximate surface area is 223 Å². The molecule has 1 saturated heterocycles. The lowest BCUT2D eigenvalue weighted by Crippen LogP contribution is -2.48. The summed E-state index contributed by atoms with van der Waals surface area (Å²) in [5.74, 6) is 3.85. The molecule has 1 aliphatic heterocycles. The number of fused-ring (bicyclic) bond motifs is 1. The third kappa shape index (κ3) is 6.04. The predicted molar refractivity (Wildman–Crippen MR) is 138 cm³/mol. The Bertz CT molecular complexity index is 1380. The number of methoxy groups -OCH3 is 1. The first-order valence-electron chi connectivity index (χ1n) is 12.1. The normalized spacial score (nSPS) is 15.9.